The molecule has 0 amide bonds. The van der Waals surface area contributed by atoms with Crippen molar-refractivity contribution in [3.05, 3.63) is 194 Å². The van der Waals surface area contributed by atoms with Gasteiger partial charge in [0, 0.05) is 12.8 Å². The van der Waals surface area contributed by atoms with Crippen molar-refractivity contribution in [2.75, 3.05) is 47.5 Å². The smallest absolute Gasteiger partial charge is 0.361 e. The first-order valence-corrected chi connectivity index (χ1v) is 34.6. The van der Waals surface area contributed by atoms with Crippen LogP contribution in [-0.4, -0.2) is 87.4 Å². The van der Waals surface area contributed by atoms with E-state index in [2.05, 4.69) is 208 Å². The topological polar surface area (TPSA) is 108 Å². The zero-order chi connectivity index (χ0) is 64.7. The van der Waals surface area contributed by atoms with Gasteiger partial charge in [-0.3, -0.25) is 9.59 Å². The third kappa shape index (κ3) is 69.5. The molecule has 0 aliphatic heterocycles. The Bertz CT molecular complexity index is 2160. The van der Waals surface area contributed by atoms with Crippen LogP contribution in [0.5, 0.6) is 0 Å². The van der Waals surface area contributed by atoms with Crippen LogP contribution in [0.1, 0.15) is 232 Å². The van der Waals surface area contributed by atoms with E-state index < -0.39 is 30.3 Å². The van der Waals surface area contributed by atoms with Crippen LogP contribution in [0, 0.1) is 0 Å². The summed E-state index contributed by atoms with van der Waals surface area (Å²) in [5.74, 6) is -2.11. The molecule has 0 rings (SSSR count). The molecule has 0 saturated carbocycles. The molecule has 0 bridgehead atoms. The molecule has 0 aromatic rings. The van der Waals surface area contributed by atoms with Gasteiger partial charge in [0.1, 0.15) is 13.2 Å². The van der Waals surface area contributed by atoms with Crippen LogP contribution in [0.4, 0.5) is 0 Å². The van der Waals surface area contributed by atoms with E-state index in [4.69, 9.17) is 18.9 Å². The van der Waals surface area contributed by atoms with Gasteiger partial charge >= 0.3 is 17.9 Å². The Morgan fingerprint density at radius 2 is 0.618 bits per heavy atom. The molecule has 2 atom stereocenters. The van der Waals surface area contributed by atoms with E-state index in [9.17, 15) is 19.5 Å². The lowest BCUT2D eigenvalue weighted by atomic mass is 10.0. The van der Waals surface area contributed by atoms with Crippen molar-refractivity contribution in [1.82, 2.24) is 0 Å². The van der Waals surface area contributed by atoms with E-state index in [1.165, 1.54) is 64.2 Å². The molecule has 0 spiro atoms. The number of carboxylic acid groups (broad SMARTS) is 1. The second kappa shape index (κ2) is 68.0. The molecule has 1 N–H and O–H groups in total. The monoisotopic (exact) mass is 1230 g/mol. The third-order valence-electron chi connectivity index (χ3n) is 13.8. The molecule has 0 saturated heterocycles. The number of carbonyl (C=O) groups is 3. The standard InChI is InChI=1S/C80H125NO8/c1-6-8-10-12-14-16-18-20-22-24-26-28-30-31-32-33-34-35-36-37-38-39-40-41-42-43-44-45-46-47-49-51-53-55-57-59-61-63-65-67-69-71-78(83)89-76(75-88-80(79(84)85)86-73-72-81(3,4)5)74-87-77(82)70-68-66-64-62-60-58-56-54-52-50-48-29-27-25-23-21-19-17-15-13-11-9-7-2/h8-11,14-17,20-23,26-29,31-32,34-35,37-38,40-41,43-44,50,52,56,58,62,64,76,80H,6-7,12-13,18-19,24-25,30,33,36,39,42,45-49,51,53-55,57,59-61,63,65-75H2,1-5H3/p+1/b10-8-,11-9-,16-14-,17-15-,22-20-,23-21-,28-26-,29-27-,32-31-,35-34-,38-37-,41-40-,44-43-,52-50-,58-56-,64-62-. The van der Waals surface area contributed by atoms with E-state index in [1.54, 1.807) is 0 Å². The molecule has 0 aliphatic carbocycles. The molecule has 2 unspecified atom stereocenters. The van der Waals surface area contributed by atoms with Crippen molar-refractivity contribution in [2.24, 2.45) is 0 Å². The van der Waals surface area contributed by atoms with E-state index in [1.807, 2.05) is 21.1 Å². The van der Waals surface area contributed by atoms with Crippen LogP contribution in [0.3, 0.4) is 0 Å². The average Bonchev–Trinajstić information content (AvgIpc) is 3.64. The van der Waals surface area contributed by atoms with Gasteiger partial charge in [-0.1, -0.05) is 279 Å². The maximum Gasteiger partial charge on any atom is 0.361 e. The van der Waals surface area contributed by atoms with Gasteiger partial charge in [0.2, 0.25) is 0 Å². The minimum absolute atomic E-state index is 0.168. The number of likely N-dealkylation sites (N-methyl/N-ethyl adjacent to an activating group) is 1. The Morgan fingerprint density at radius 3 is 0.933 bits per heavy atom. The highest BCUT2D eigenvalue weighted by Crippen LogP contribution is 2.15. The highest BCUT2D eigenvalue weighted by molar-refractivity contribution is 5.71. The first-order valence-electron chi connectivity index (χ1n) is 34.6. The number of quaternary nitrogens is 1. The summed E-state index contributed by atoms with van der Waals surface area (Å²) in [6.45, 7) is 4.56. The van der Waals surface area contributed by atoms with Gasteiger partial charge in [-0.25, -0.2) is 4.79 Å². The number of esters is 2. The summed E-state index contributed by atoms with van der Waals surface area (Å²) in [6, 6.07) is 0. The van der Waals surface area contributed by atoms with Crippen molar-refractivity contribution in [3.63, 3.8) is 0 Å². The van der Waals surface area contributed by atoms with Crippen LogP contribution in [0.25, 0.3) is 0 Å². The predicted molar refractivity (Wildman–Crippen MR) is 382 cm³/mol. The van der Waals surface area contributed by atoms with Crippen LogP contribution >= 0.6 is 0 Å². The van der Waals surface area contributed by atoms with Crippen molar-refractivity contribution < 1.29 is 42.9 Å². The molecule has 0 aromatic carbocycles. The largest absolute Gasteiger partial charge is 0.477 e. The fraction of sp³-hybridized carbons (Fsp3) is 0.562. The van der Waals surface area contributed by atoms with Crippen molar-refractivity contribution >= 4 is 17.9 Å². The maximum atomic E-state index is 12.9. The van der Waals surface area contributed by atoms with Crippen LogP contribution in [0.2, 0.25) is 0 Å². The number of hydrogen-bond donors (Lipinski definition) is 1. The Kier molecular flexibility index (Phi) is 63.6. The fourth-order valence-electron chi connectivity index (χ4n) is 8.64. The quantitative estimate of drug-likeness (QED) is 0.0211. The Hall–Kier alpha value is -5.87. The maximum absolute atomic E-state index is 12.9. The van der Waals surface area contributed by atoms with Gasteiger partial charge in [0.15, 0.2) is 6.10 Å². The number of rotatable bonds is 61. The van der Waals surface area contributed by atoms with E-state index in [0.717, 1.165) is 128 Å². The molecule has 0 radical (unpaired) electrons. The summed E-state index contributed by atoms with van der Waals surface area (Å²) in [7, 11) is 5.94. The van der Waals surface area contributed by atoms with E-state index in [-0.39, 0.29) is 32.7 Å². The number of allylic oxidation sites excluding steroid dienone is 32. The Labute approximate surface area is 544 Å². The van der Waals surface area contributed by atoms with Gasteiger partial charge in [-0.2, -0.15) is 0 Å². The molecule has 9 nitrogen and oxygen atoms in total. The van der Waals surface area contributed by atoms with Crippen LogP contribution in [-0.2, 0) is 33.3 Å². The Morgan fingerprint density at radius 1 is 0.337 bits per heavy atom. The molecule has 0 aliphatic rings. The normalized spacial score (nSPS) is 13.9. The molecule has 9 heteroatoms. The summed E-state index contributed by atoms with van der Waals surface area (Å²) in [5.41, 5.74) is 0. The summed E-state index contributed by atoms with van der Waals surface area (Å²) >= 11 is 0. The number of ether oxygens (including phenoxy) is 4. The molecular weight excluding hydrogens is 1100 g/mol. The molecular formula is C80H126NO8+. The SMILES string of the molecule is CC/C=C\C/C=C\C/C=C\C/C=C\C/C=C\C/C=C\C/C=C\C/C=C\C/C=C\CCCCCCCCCCCCCCCC(=O)OC(COC(=O)CCC/C=C\C/C=C\C/C=C\C/C=C\C/C=C\C/C=C\C/C=C\CC)COC(OCC[N+](C)(C)C)C(=O)O. The van der Waals surface area contributed by atoms with Crippen molar-refractivity contribution in [1.29, 1.82) is 0 Å². The fourth-order valence-corrected chi connectivity index (χ4v) is 8.64. The zero-order valence-corrected chi connectivity index (χ0v) is 56.8. The number of hydrogen-bond acceptors (Lipinski definition) is 7. The molecule has 89 heavy (non-hydrogen) atoms. The van der Waals surface area contributed by atoms with Gasteiger partial charge in [-0.15, -0.1) is 0 Å². The number of nitrogens with zero attached hydrogens (tertiary/aromatic N) is 1. The lowest BCUT2D eigenvalue weighted by molar-refractivity contribution is -0.870. The summed E-state index contributed by atoms with van der Waals surface area (Å²) in [6.07, 6.45) is 103. The van der Waals surface area contributed by atoms with Crippen LogP contribution in [0.15, 0.2) is 194 Å². The summed E-state index contributed by atoms with van der Waals surface area (Å²) in [5, 5.41) is 9.74. The van der Waals surface area contributed by atoms with Gasteiger partial charge < -0.3 is 28.5 Å². The Balaban J connectivity index is 4.21. The van der Waals surface area contributed by atoms with Gasteiger partial charge in [-0.05, 0) is 135 Å². The zero-order valence-electron chi connectivity index (χ0n) is 56.8. The third-order valence-corrected chi connectivity index (χ3v) is 13.8. The van der Waals surface area contributed by atoms with Crippen LogP contribution < -0.4 is 0 Å². The van der Waals surface area contributed by atoms with Gasteiger partial charge in [0.05, 0.1) is 34.4 Å². The number of unbranched alkanes of at least 4 members (excludes halogenated alkanes) is 14. The van der Waals surface area contributed by atoms with Gasteiger partial charge in [0.25, 0.3) is 6.29 Å². The summed E-state index contributed by atoms with van der Waals surface area (Å²) in [4.78, 5) is 37.6. The van der Waals surface area contributed by atoms with Crippen molar-refractivity contribution in [2.45, 2.75) is 245 Å². The second-order valence-electron chi connectivity index (χ2n) is 23.4. The number of carbonyl (C=O) groups excluding carboxylic acids is 2. The molecule has 0 fully saturated rings. The average molecular weight is 1230 g/mol. The predicted octanol–water partition coefficient (Wildman–Crippen LogP) is 21.8. The molecule has 0 aromatic heterocycles. The first kappa shape index (κ1) is 83.1. The van der Waals surface area contributed by atoms with Crippen molar-refractivity contribution in [3.8, 4) is 0 Å². The number of carboxylic acids is 1. The highest BCUT2D eigenvalue weighted by atomic mass is 16.7. The van der Waals surface area contributed by atoms with E-state index in [0.29, 0.717) is 23.9 Å². The molecule has 0 heterocycles. The second-order valence-corrected chi connectivity index (χ2v) is 23.4. The first-order chi connectivity index (χ1) is 43.6. The lowest BCUT2D eigenvalue weighted by Crippen LogP contribution is -2.40. The minimum atomic E-state index is -1.54. The van der Waals surface area contributed by atoms with E-state index >= 15 is 0 Å². The molecule has 498 valence electrons. The lowest BCUT2D eigenvalue weighted by Gasteiger charge is -2.25. The highest BCUT2D eigenvalue weighted by Gasteiger charge is 2.25. The summed E-state index contributed by atoms with van der Waals surface area (Å²) < 4.78 is 22.9. The number of aliphatic carboxylic acids is 1. The minimum Gasteiger partial charge on any atom is -0.477 e.